The Kier molecular flexibility index (Phi) is 3.81. The highest BCUT2D eigenvalue weighted by molar-refractivity contribution is 4.91. The summed E-state index contributed by atoms with van der Waals surface area (Å²) in [6.45, 7) is 10.6. The molecule has 1 saturated heterocycles. The molecule has 0 unspecified atom stereocenters. The minimum absolute atomic E-state index is 0.586. The van der Waals surface area contributed by atoms with Crippen molar-refractivity contribution >= 4 is 0 Å². The molecule has 0 amide bonds. The fraction of sp³-hybridized carbons (Fsp3) is 0.818. The zero-order chi connectivity index (χ0) is 10.7. The summed E-state index contributed by atoms with van der Waals surface area (Å²) in [5.41, 5.74) is 5.68. The standard InChI is InChI=1S/C11H23N3/c1-9(2)14-7-5-11(6-8-14)13(4)10(3)12/h9,11H,3,5-8,12H2,1-2,4H3. The van der Waals surface area contributed by atoms with Crippen LogP contribution in [0.4, 0.5) is 0 Å². The fourth-order valence-corrected chi connectivity index (χ4v) is 2.02. The first kappa shape index (κ1) is 11.4. The summed E-state index contributed by atoms with van der Waals surface area (Å²) < 4.78 is 0. The molecule has 3 nitrogen and oxygen atoms in total. The minimum Gasteiger partial charge on any atom is -0.386 e. The number of nitrogens with zero attached hydrogens (tertiary/aromatic N) is 2. The third-order valence-electron chi connectivity index (χ3n) is 3.23. The Hall–Kier alpha value is -0.700. The van der Waals surface area contributed by atoms with Gasteiger partial charge >= 0.3 is 0 Å². The summed E-state index contributed by atoms with van der Waals surface area (Å²) in [5.74, 6) is 0.688. The molecule has 1 fully saturated rings. The van der Waals surface area contributed by atoms with E-state index >= 15 is 0 Å². The molecular formula is C11H23N3. The van der Waals surface area contributed by atoms with Crippen LogP contribution in [-0.2, 0) is 0 Å². The predicted octanol–water partition coefficient (Wildman–Crippen LogP) is 1.22. The zero-order valence-corrected chi connectivity index (χ0v) is 9.66. The van der Waals surface area contributed by atoms with Gasteiger partial charge in [0.25, 0.3) is 0 Å². The summed E-state index contributed by atoms with van der Waals surface area (Å²) >= 11 is 0. The molecule has 0 radical (unpaired) electrons. The lowest BCUT2D eigenvalue weighted by atomic mass is 10.0. The van der Waals surface area contributed by atoms with Gasteiger partial charge in [-0.05, 0) is 26.7 Å². The molecule has 2 N–H and O–H groups in total. The molecule has 1 rings (SSSR count). The summed E-state index contributed by atoms with van der Waals surface area (Å²) in [7, 11) is 2.04. The average molecular weight is 197 g/mol. The lowest BCUT2D eigenvalue weighted by Crippen LogP contribution is -2.46. The maximum absolute atomic E-state index is 5.68. The van der Waals surface area contributed by atoms with Crippen LogP contribution in [0.1, 0.15) is 26.7 Å². The summed E-state index contributed by atoms with van der Waals surface area (Å²) in [4.78, 5) is 4.63. The maximum atomic E-state index is 5.68. The van der Waals surface area contributed by atoms with Crippen molar-refractivity contribution in [1.29, 1.82) is 0 Å². The number of piperidine rings is 1. The van der Waals surface area contributed by atoms with E-state index in [0.29, 0.717) is 17.9 Å². The number of nitrogens with two attached hydrogens (primary N) is 1. The van der Waals surface area contributed by atoms with E-state index in [2.05, 4.69) is 30.2 Å². The molecule has 14 heavy (non-hydrogen) atoms. The molecule has 0 aliphatic carbocycles. The number of hydrogen-bond donors (Lipinski definition) is 1. The Balaban J connectivity index is 2.39. The van der Waals surface area contributed by atoms with Gasteiger partial charge in [0.1, 0.15) is 0 Å². The Morgan fingerprint density at radius 2 is 1.93 bits per heavy atom. The van der Waals surface area contributed by atoms with Crippen LogP contribution in [0, 0.1) is 0 Å². The first-order chi connectivity index (χ1) is 6.52. The Morgan fingerprint density at radius 1 is 1.43 bits per heavy atom. The van der Waals surface area contributed by atoms with E-state index in [1.54, 1.807) is 0 Å². The van der Waals surface area contributed by atoms with Gasteiger partial charge in [0, 0.05) is 32.2 Å². The number of likely N-dealkylation sites (tertiary alicyclic amines) is 1. The van der Waals surface area contributed by atoms with Crippen molar-refractivity contribution in [2.45, 2.75) is 38.8 Å². The summed E-state index contributed by atoms with van der Waals surface area (Å²) in [6, 6.07) is 1.25. The average Bonchev–Trinajstić information content (AvgIpc) is 2.16. The van der Waals surface area contributed by atoms with Gasteiger partial charge in [-0.15, -0.1) is 0 Å². The lowest BCUT2D eigenvalue weighted by molar-refractivity contribution is 0.123. The minimum atomic E-state index is 0.586. The maximum Gasteiger partial charge on any atom is 0.0912 e. The molecule has 0 aromatic rings. The molecule has 82 valence electrons. The van der Waals surface area contributed by atoms with Crippen molar-refractivity contribution in [3.63, 3.8) is 0 Å². The van der Waals surface area contributed by atoms with Gasteiger partial charge in [-0.1, -0.05) is 6.58 Å². The third kappa shape index (κ3) is 2.64. The largest absolute Gasteiger partial charge is 0.386 e. The van der Waals surface area contributed by atoms with E-state index in [1.807, 2.05) is 7.05 Å². The molecule has 0 aromatic carbocycles. The van der Waals surface area contributed by atoms with Gasteiger partial charge in [-0.2, -0.15) is 0 Å². The highest BCUT2D eigenvalue weighted by Gasteiger charge is 2.23. The van der Waals surface area contributed by atoms with E-state index in [1.165, 1.54) is 25.9 Å². The van der Waals surface area contributed by atoms with E-state index in [-0.39, 0.29) is 0 Å². The third-order valence-corrected chi connectivity index (χ3v) is 3.23. The molecule has 3 heteroatoms. The SMILES string of the molecule is C=C(N)N(C)C1CCN(C(C)C)CC1. The first-order valence-corrected chi connectivity index (χ1v) is 5.43. The van der Waals surface area contributed by atoms with Crippen LogP contribution in [0.15, 0.2) is 12.4 Å². The molecular weight excluding hydrogens is 174 g/mol. The van der Waals surface area contributed by atoms with E-state index in [0.717, 1.165) is 0 Å². The summed E-state index contributed by atoms with van der Waals surface area (Å²) in [5, 5.41) is 0. The molecule has 0 aromatic heterocycles. The first-order valence-electron chi connectivity index (χ1n) is 5.43. The predicted molar refractivity (Wildman–Crippen MR) is 60.8 cm³/mol. The van der Waals surface area contributed by atoms with Crippen LogP contribution in [-0.4, -0.2) is 42.0 Å². The smallest absolute Gasteiger partial charge is 0.0912 e. The molecule has 1 aliphatic rings. The van der Waals surface area contributed by atoms with Crippen LogP contribution >= 0.6 is 0 Å². The second-order valence-corrected chi connectivity index (χ2v) is 4.46. The van der Waals surface area contributed by atoms with Crippen molar-refractivity contribution in [2.24, 2.45) is 5.73 Å². The van der Waals surface area contributed by atoms with Crippen LogP contribution < -0.4 is 5.73 Å². The lowest BCUT2D eigenvalue weighted by Gasteiger charge is -2.39. The number of rotatable bonds is 3. The highest BCUT2D eigenvalue weighted by Crippen LogP contribution is 2.18. The van der Waals surface area contributed by atoms with Crippen molar-refractivity contribution in [3.8, 4) is 0 Å². The van der Waals surface area contributed by atoms with E-state index in [9.17, 15) is 0 Å². The fourth-order valence-electron chi connectivity index (χ4n) is 2.02. The van der Waals surface area contributed by atoms with Crippen molar-refractivity contribution < 1.29 is 0 Å². The molecule has 0 saturated carbocycles. The van der Waals surface area contributed by atoms with Gasteiger partial charge in [0.15, 0.2) is 0 Å². The highest BCUT2D eigenvalue weighted by atomic mass is 15.2. The Bertz CT molecular complexity index is 193. The quantitative estimate of drug-likeness (QED) is 0.738. The summed E-state index contributed by atoms with van der Waals surface area (Å²) in [6.07, 6.45) is 2.40. The molecule has 1 aliphatic heterocycles. The normalized spacial score (nSPS) is 20.0. The van der Waals surface area contributed by atoms with Crippen LogP contribution in [0.25, 0.3) is 0 Å². The van der Waals surface area contributed by atoms with Gasteiger partial charge < -0.3 is 15.5 Å². The van der Waals surface area contributed by atoms with Gasteiger partial charge in [0.2, 0.25) is 0 Å². The molecule has 0 spiro atoms. The van der Waals surface area contributed by atoms with Crippen molar-refractivity contribution in [1.82, 2.24) is 9.80 Å². The van der Waals surface area contributed by atoms with Crippen LogP contribution in [0.2, 0.25) is 0 Å². The van der Waals surface area contributed by atoms with Crippen molar-refractivity contribution in [3.05, 3.63) is 12.4 Å². The Labute approximate surface area is 87.6 Å². The zero-order valence-electron chi connectivity index (χ0n) is 9.66. The van der Waals surface area contributed by atoms with Crippen LogP contribution in [0.3, 0.4) is 0 Å². The van der Waals surface area contributed by atoms with E-state index < -0.39 is 0 Å². The second kappa shape index (κ2) is 4.69. The van der Waals surface area contributed by atoms with Gasteiger partial charge in [0.05, 0.1) is 5.82 Å². The molecule has 1 heterocycles. The van der Waals surface area contributed by atoms with Crippen LogP contribution in [0.5, 0.6) is 0 Å². The van der Waals surface area contributed by atoms with E-state index in [4.69, 9.17) is 5.73 Å². The van der Waals surface area contributed by atoms with Gasteiger partial charge in [-0.3, -0.25) is 0 Å². The molecule has 0 atom stereocenters. The monoisotopic (exact) mass is 197 g/mol. The number of hydrogen-bond acceptors (Lipinski definition) is 3. The Morgan fingerprint density at radius 3 is 2.29 bits per heavy atom. The second-order valence-electron chi connectivity index (χ2n) is 4.46. The topological polar surface area (TPSA) is 32.5 Å². The molecule has 0 bridgehead atoms. The van der Waals surface area contributed by atoms with Crippen molar-refractivity contribution in [2.75, 3.05) is 20.1 Å². The van der Waals surface area contributed by atoms with Gasteiger partial charge in [-0.25, -0.2) is 0 Å².